The Kier molecular flexibility index (Phi) is 4.43. The number of nitrogens with one attached hydrogen (secondary N) is 1. The smallest absolute Gasteiger partial charge is 0.319 e. The van der Waals surface area contributed by atoms with Gasteiger partial charge in [0, 0.05) is 68.8 Å². The second-order valence-corrected chi connectivity index (χ2v) is 7.12. The second kappa shape index (κ2) is 6.90. The summed E-state index contributed by atoms with van der Waals surface area (Å²) < 4.78 is 0. The van der Waals surface area contributed by atoms with Gasteiger partial charge in [-0.1, -0.05) is 6.07 Å². The molecule has 27 heavy (non-hydrogen) atoms. The van der Waals surface area contributed by atoms with E-state index in [1.165, 1.54) is 5.69 Å². The molecule has 0 radical (unpaired) electrons. The van der Waals surface area contributed by atoms with Crippen molar-refractivity contribution in [3.63, 3.8) is 0 Å². The molecule has 0 saturated carbocycles. The van der Waals surface area contributed by atoms with E-state index >= 15 is 0 Å². The molecule has 0 spiro atoms. The Morgan fingerprint density at radius 3 is 2.59 bits per heavy atom. The number of amides is 2. The third-order valence-electron chi connectivity index (χ3n) is 5.13. The number of benzene rings is 1. The summed E-state index contributed by atoms with van der Waals surface area (Å²) in [7, 11) is 3.59. The van der Waals surface area contributed by atoms with E-state index in [2.05, 4.69) is 44.3 Å². The zero-order valence-corrected chi connectivity index (χ0v) is 15.9. The normalized spacial score (nSPS) is 14.6. The van der Waals surface area contributed by atoms with Crippen molar-refractivity contribution in [2.75, 3.05) is 45.2 Å². The van der Waals surface area contributed by atoms with Gasteiger partial charge in [0.1, 0.15) is 0 Å². The lowest BCUT2D eigenvalue weighted by Gasteiger charge is -2.37. The maximum Gasteiger partial charge on any atom is 0.319 e. The molecule has 1 saturated heterocycles. The largest absolute Gasteiger partial charge is 0.367 e. The van der Waals surface area contributed by atoms with Gasteiger partial charge >= 0.3 is 6.03 Å². The zero-order chi connectivity index (χ0) is 19.0. The Bertz CT molecular complexity index is 972. The number of rotatable bonds is 2. The van der Waals surface area contributed by atoms with Crippen LogP contribution in [0.4, 0.5) is 10.5 Å². The van der Waals surface area contributed by atoms with Gasteiger partial charge in [0.15, 0.2) is 0 Å². The number of aryl methyl sites for hydroxylation is 1. The fourth-order valence-corrected chi connectivity index (χ4v) is 3.64. The molecule has 2 aromatic heterocycles. The van der Waals surface area contributed by atoms with E-state index in [4.69, 9.17) is 0 Å². The molecule has 0 bridgehead atoms. The first-order chi connectivity index (χ1) is 13.0. The Morgan fingerprint density at radius 2 is 1.93 bits per heavy atom. The maximum absolute atomic E-state index is 12.2. The Hall–Kier alpha value is -3.09. The van der Waals surface area contributed by atoms with Crippen LogP contribution in [0.25, 0.3) is 22.0 Å². The zero-order valence-electron chi connectivity index (χ0n) is 15.9. The molecule has 3 aromatic rings. The van der Waals surface area contributed by atoms with Gasteiger partial charge in [-0.05, 0) is 30.7 Å². The lowest BCUT2D eigenvalue weighted by Crippen LogP contribution is -2.51. The van der Waals surface area contributed by atoms with Crippen LogP contribution in [0.1, 0.15) is 5.69 Å². The molecule has 4 rings (SSSR count). The highest BCUT2D eigenvalue weighted by molar-refractivity contribution is 5.95. The van der Waals surface area contributed by atoms with Crippen LogP contribution in [0.3, 0.4) is 0 Å². The number of H-pyrrole nitrogens is 1. The topological polar surface area (TPSA) is 68.4 Å². The highest BCUT2D eigenvalue weighted by atomic mass is 16.2. The Balaban J connectivity index is 1.64. The van der Waals surface area contributed by atoms with Crippen LogP contribution in [0, 0.1) is 6.92 Å². The SMILES string of the molecule is Cc1[nH]ncc1-c1ccc2nccc(N3CCN(C(=O)N(C)C)CC3)c2c1. The number of pyridine rings is 1. The van der Waals surface area contributed by atoms with Crippen LogP contribution >= 0.6 is 0 Å². The monoisotopic (exact) mass is 364 g/mol. The van der Waals surface area contributed by atoms with Gasteiger partial charge in [-0.3, -0.25) is 10.1 Å². The quantitative estimate of drug-likeness (QED) is 0.759. The van der Waals surface area contributed by atoms with Crippen LogP contribution in [-0.2, 0) is 0 Å². The summed E-state index contributed by atoms with van der Waals surface area (Å²) in [6.07, 6.45) is 3.72. The standard InChI is InChI=1S/C20H24N6O/c1-14-17(13-22-23-14)15-4-5-18-16(12-15)19(6-7-21-18)25-8-10-26(11-9-25)20(27)24(2)3/h4-7,12-13H,8-11H2,1-3H3,(H,22,23). The number of hydrogen-bond donors (Lipinski definition) is 1. The average molecular weight is 364 g/mol. The van der Waals surface area contributed by atoms with E-state index in [1.807, 2.05) is 24.2 Å². The molecule has 1 aliphatic rings. The predicted octanol–water partition coefficient (Wildman–Crippen LogP) is 2.74. The summed E-state index contributed by atoms with van der Waals surface area (Å²) in [6.45, 7) is 5.10. The molecule has 2 amide bonds. The summed E-state index contributed by atoms with van der Waals surface area (Å²) in [6, 6.07) is 8.48. The third kappa shape index (κ3) is 3.20. The molecule has 1 N–H and O–H groups in total. The van der Waals surface area contributed by atoms with Crippen LogP contribution < -0.4 is 4.90 Å². The van der Waals surface area contributed by atoms with Gasteiger partial charge < -0.3 is 14.7 Å². The van der Waals surface area contributed by atoms with E-state index in [0.717, 1.165) is 53.9 Å². The van der Waals surface area contributed by atoms with Crippen molar-refractivity contribution < 1.29 is 4.79 Å². The minimum Gasteiger partial charge on any atom is -0.367 e. The van der Waals surface area contributed by atoms with Gasteiger partial charge in [0.25, 0.3) is 0 Å². The van der Waals surface area contributed by atoms with E-state index < -0.39 is 0 Å². The van der Waals surface area contributed by atoms with Crippen LogP contribution in [0.2, 0.25) is 0 Å². The number of piperazine rings is 1. The second-order valence-electron chi connectivity index (χ2n) is 7.12. The van der Waals surface area contributed by atoms with Gasteiger partial charge in [-0.25, -0.2) is 4.79 Å². The summed E-state index contributed by atoms with van der Waals surface area (Å²) in [4.78, 5) is 22.6. The van der Waals surface area contributed by atoms with Crippen molar-refractivity contribution in [2.24, 2.45) is 0 Å². The fourth-order valence-electron chi connectivity index (χ4n) is 3.64. The highest BCUT2D eigenvalue weighted by Crippen LogP contribution is 2.31. The lowest BCUT2D eigenvalue weighted by atomic mass is 10.0. The molecule has 0 unspecified atom stereocenters. The minimum atomic E-state index is 0.0759. The van der Waals surface area contributed by atoms with Crippen LogP contribution in [0.15, 0.2) is 36.7 Å². The van der Waals surface area contributed by atoms with Crippen LogP contribution in [0.5, 0.6) is 0 Å². The number of urea groups is 1. The Labute approximate surface area is 158 Å². The summed E-state index contributed by atoms with van der Waals surface area (Å²) in [5.41, 5.74) is 5.43. The molecule has 1 fully saturated rings. The van der Waals surface area contributed by atoms with Gasteiger partial charge in [0.2, 0.25) is 0 Å². The number of fused-ring (bicyclic) bond motifs is 1. The van der Waals surface area contributed by atoms with Crippen molar-refractivity contribution >= 4 is 22.6 Å². The summed E-state index contributed by atoms with van der Waals surface area (Å²) in [5.74, 6) is 0. The molecular weight excluding hydrogens is 340 g/mol. The van der Waals surface area contributed by atoms with Crippen molar-refractivity contribution in [1.82, 2.24) is 25.0 Å². The summed E-state index contributed by atoms with van der Waals surface area (Å²) >= 11 is 0. The first-order valence-electron chi connectivity index (χ1n) is 9.15. The first kappa shape index (κ1) is 17.3. The maximum atomic E-state index is 12.2. The number of nitrogens with zero attached hydrogens (tertiary/aromatic N) is 5. The number of carbonyl (C=O) groups is 1. The predicted molar refractivity (Wildman–Crippen MR) is 107 cm³/mol. The highest BCUT2D eigenvalue weighted by Gasteiger charge is 2.23. The van der Waals surface area contributed by atoms with Gasteiger partial charge in [-0.2, -0.15) is 5.10 Å². The lowest BCUT2D eigenvalue weighted by molar-refractivity contribution is 0.168. The third-order valence-corrected chi connectivity index (χ3v) is 5.13. The van der Waals surface area contributed by atoms with E-state index in [0.29, 0.717) is 0 Å². The van der Waals surface area contributed by atoms with E-state index in [-0.39, 0.29) is 6.03 Å². The molecule has 0 aliphatic carbocycles. The molecule has 3 heterocycles. The Morgan fingerprint density at radius 1 is 1.15 bits per heavy atom. The van der Waals surface area contributed by atoms with Crippen molar-refractivity contribution in [3.8, 4) is 11.1 Å². The molecule has 140 valence electrons. The molecule has 7 heteroatoms. The molecule has 1 aromatic carbocycles. The molecule has 1 aliphatic heterocycles. The first-order valence-corrected chi connectivity index (χ1v) is 9.15. The van der Waals surface area contributed by atoms with Crippen LogP contribution in [-0.4, -0.2) is 71.3 Å². The van der Waals surface area contributed by atoms with Gasteiger partial charge in [0.05, 0.1) is 11.7 Å². The van der Waals surface area contributed by atoms with Gasteiger partial charge in [-0.15, -0.1) is 0 Å². The number of aromatic amines is 1. The number of anilines is 1. The fraction of sp³-hybridized carbons (Fsp3) is 0.350. The molecular formula is C20H24N6O. The molecule has 7 nitrogen and oxygen atoms in total. The average Bonchev–Trinajstić information content (AvgIpc) is 3.12. The summed E-state index contributed by atoms with van der Waals surface area (Å²) in [5, 5.41) is 8.26. The van der Waals surface area contributed by atoms with Crippen molar-refractivity contribution in [1.29, 1.82) is 0 Å². The minimum absolute atomic E-state index is 0.0759. The van der Waals surface area contributed by atoms with Crippen molar-refractivity contribution in [2.45, 2.75) is 6.92 Å². The van der Waals surface area contributed by atoms with E-state index in [1.54, 1.807) is 19.0 Å². The van der Waals surface area contributed by atoms with Crippen molar-refractivity contribution in [3.05, 3.63) is 42.4 Å². The number of carbonyl (C=O) groups excluding carboxylic acids is 1. The number of aromatic nitrogens is 3. The molecule has 0 atom stereocenters. The van der Waals surface area contributed by atoms with E-state index in [9.17, 15) is 4.79 Å². The number of hydrogen-bond acceptors (Lipinski definition) is 4.